The number of hydrogen-bond acceptors (Lipinski definition) is 3. The minimum Gasteiger partial charge on any atom is -0.446 e. The summed E-state index contributed by atoms with van der Waals surface area (Å²) in [7, 11) is 0. The Hall–Kier alpha value is -2.08. The lowest BCUT2D eigenvalue weighted by Crippen LogP contribution is -1.89. The summed E-state index contributed by atoms with van der Waals surface area (Å²) in [4.78, 5) is 11.1. The third-order valence-corrected chi connectivity index (χ3v) is 2.03. The van der Waals surface area contributed by atoms with Gasteiger partial charge in [-0.15, -0.1) is 0 Å². The number of hydrogen-bond donors (Lipinski definition) is 0. The third kappa shape index (κ3) is 1.27. The van der Waals surface area contributed by atoms with Gasteiger partial charge in [0.15, 0.2) is 5.78 Å². The Morgan fingerprint density at radius 3 is 2.86 bits per heavy atom. The molecule has 2 rings (SSSR count). The molecule has 0 radical (unpaired) electrons. The van der Waals surface area contributed by atoms with E-state index < -0.39 is 0 Å². The molecule has 0 saturated heterocycles. The Bertz CT molecular complexity index is 546. The summed E-state index contributed by atoms with van der Waals surface area (Å²) in [6.07, 6.45) is 0. The molecule has 0 amide bonds. The highest BCUT2D eigenvalue weighted by Gasteiger charge is 2.05. The fourth-order valence-corrected chi connectivity index (χ4v) is 1.32. The summed E-state index contributed by atoms with van der Waals surface area (Å²) < 4.78 is 5.18. The molecule has 0 N–H and O–H groups in total. The van der Waals surface area contributed by atoms with Crippen LogP contribution in [0, 0.1) is 11.3 Å². The summed E-state index contributed by atoms with van der Waals surface area (Å²) >= 11 is 0. The molecule has 0 fully saturated rings. The van der Waals surface area contributed by atoms with Crippen LogP contribution in [0.2, 0.25) is 0 Å². The van der Waals surface area contributed by atoms with Gasteiger partial charge in [-0.25, -0.2) is 0 Å². The number of benzene rings is 1. The van der Waals surface area contributed by atoms with Gasteiger partial charge in [-0.05, 0) is 25.1 Å². The first-order chi connectivity index (χ1) is 6.70. The van der Waals surface area contributed by atoms with E-state index in [1.165, 1.54) is 6.92 Å². The number of fused-ring (bicyclic) bond motifs is 1. The van der Waals surface area contributed by atoms with E-state index in [0.717, 1.165) is 5.39 Å². The highest BCUT2D eigenvalue weighted by atomic mass is 16.3. The van der Waals surface area contributed by atoms with E-state index in [-0.39, 0.29) is 11.5 Å². The third-order valence-electron chi connectivity index (χ3n) is 2.03. The molecule has 2 aromatic rings. The van der Waals surface area contributed by atoms with Crippen LogP contribution in [-0.4, -0.2) is 5.78 Å². The van der Waals surface area contributed by atoms with Crippen molar-refractivity contribution in [1.29, 1.82) is 5.26 Å². The van der Waals surface area contributed by atoms with Crippen molar-refractivity contribution in [2.45, 2.75) is 6.92 Å². The van der Waals surface area contributed by atoms with E-state index in [4.69, 9.17) is 9.68 Å². The summed E-state index contributed by atoms with van der Waals surface area (Å²) in [6, 6.07) is 8.66. The highest BCUT2D eigenvalue weighted by molar-refractivity contribution is 5.97. The second kappa shape index (κ2) is 3.00. The first-order valence-electron chi connectivity index (χ1n) is 4.15. The second-order valence-electron chi connectivity index (χ2n) is 3.03. The van der Waals surface area contributed by atoms with Crippen LogP contribution in [0.1, 0.15) is 23.0 Å². The van der Waals surface area contributed by atoms with Gasteiger partial charge < -0.3 is 4.42 Å². The van der Waals surface area contributed by atoms with Gasteiger partial charge in [-0.3, -0.25) is 4.79 Å². The molecule has 0 atom stereocenters. The quantitative estimate of drug-likeness (QED) is 0.641. The summed E-state index contributed by atoms with van der Waals surface area (Å²) in [5, 5.41) is 9.39. The van der Waals surface area contributed by atoms with E-state index in [2.05, 4.69) is 0 Å². The number of nitriles is 1. The van der Waals surface area contributed by atoms with Crippen LogP contribution >= 0.6 is 0 Å². The molecule has 1 aromatic heterocycles. The molecule has 3 nitrogen and oxygen atoms in total. The normalized spacial score (nSPS) is 10.0. The van der Waals surface area contributed by atoms with Crippen LogP contribution in [0.4, 0.5) is 0 Å². The van der Waals surface area contributed by atoms with Crippen LogP contribution in [0.5, 0.6) is 0 Å². The zero-order valence-electron chi connectivity index (χ0n) is 7.57. The van der Waals surface area contributed by atoms with E-state index in [9.17, 15) is 4.79 Å². The number of Topliss-reactive ketones (excluding diaryl/α,β-unsaturated/α-hetero) is 1. The lowest BCUT2D eigenvalue weighted by atomic mass is 10.1. The highest BCUT2D eigenvalue weighted by Crippen LogP contribution is 2.20. The van der Waals surface area contributed by atoms with Crippen molar-refractivity contribution in [1.82, 2.24) is 0 Å². The molecule has 0 spiro atoms. The van der Waals surface area contributed by atoms with Crippen LogP contribution in [0.25, 0.3) is 11.0 Å². The van der Waals surface area contributed by atoms with E-state index in [0.29, 0.717) is 11.1 Å². The fraction of sp³-hybridized carbons (Fsp3) is 0.0909. The number of carbonyl (C=O) groups excluding carboxylic acids is 1. The Kier molecular flexibility index (Phi) is 1.83. The number of nitrogens with zero attached hydrogens (tertiary/aromatic N) is 1. The van der Waals surface area contributed by atoms with Gasteiger partial charge in [0.05, 0.1) is 0 Å². The average molecular weight is 185 g/mol. The van der Waals surface area contributed by atoms with Gasteiger partial charge in [0.25, 0.3) is 0 Å². The monoisotopic (exact) mass is 185 g/mol. The van der Waals surface area contributed by atoms with Crippen molar-refractivity contribution < 1.29 is 9.21 Å². The smallest absolute Gasteiger partial charge is 0.204 e. The average Bonchev–Trinajstić information content (AvgIpc) is 2.58. The minimum atomic E-state index is 0.00612. The van der Waals surface area contributed by atoms with Gasteiger partial charge in [-0.2, -0.15) is 5.26 Å². The number of furan rings is 1. The van der Waals surface area contributed by atoms with Crippen molar-refractivity contribution in [2.24, 2.45) is 0 Å². The lowest BCUT2D eigenvalue weighted by Gasteiger charge is -1.93. The molecular weight excluding hydrogens is 178 g/mol. The zero-order chi connectivity index (χ0) is 10.1. The van der Waals surface area contributed by atoms with Crippen molar-refractivity contribution in [2.75, 3.05) is 0 Å². The molecule has 3 heteroatoms. The Labute approximate surface area is 80.6 Å². The fourth-order valence-electron chi connectivity index (χ4n) is 1.32. The first-order valence-corrected chi connectivity index (χ1v) is 4.15. The molecule has 0 saturated carbocycles. The van der Waals surface area contributed by atoms with Crippen molar-refractivity contribution in [3.63, 3.8) is 0 Å². The molecule has 1 heterocycles. The zero-order valence-corrected chi connectivity index (χ0v) is 7.57. The molecular formula is C11H7NO2. The van der Waals surface area contributed by atoms with Gasteiger partial charge in [0, 0.05) is 17.0 Å². The van der Waals surface area contributed by atoms with Gasteiger partial charge >= 0.3 is 0 Å². The number of rotatable bonds is 1. The largest absolute Gasteiger partial charge is 0.446 e. The predicted molar refractivity (Wildman–Crippen MR) is 50.9 cm³/mol. The van der Waals surface area contributed by atoms with E-state index in [1.807, 2.05) is 6.07 Å². The van der Waals surface area contributed by atoms with E-state index >= 15 is 0 Å². The molecule has 0 aliphatic rings. The summed E-state index contributed by atoms with van der Waals surface area (Å²) in [5.74, 6) is 0.271. The second-order valence-corrected chi connectivity index (χ2v) is 3.03. The Morgan fingerprint density at radius 2 is 2.21 bits per heavy atom. The molecule has 0 aliphatic carbocycles. The van der Waals surface area contributed by atoms with Crippen LogP contribution in [0.3, 0.4) is 0 Å². The lowest BCUT2D eigenvalue weighted by molar-refractivity contribution is 0.101. The maximum absolute atomic E-state index is 11.1. The van der Waals surface area contributed by atoms with Crippen LogP contribution in [0.15, 0.2) is 28.7 Å². The van der Waals surface area contributed by atoms with Crippen LogP contribution in [-0.2, 0) is 0 Å². The minimum absolute atomic E-state index is 0.00612. The number of carbonyl (C=O) groups is 1. The molecule has 0 bridgehead atoms. The topological polar surface area (TPSA) is 54.0 Å². The molecule has 14 heavy (non-hydrogen) atoms. The molecule has 68 valence electrons. The van der Waals surface area contributed by atoms with Crippen molar-refractivity contribution in [3.8, 4) is 6.07 Å². The SMILES string of the molecule is CC(=O)c1ccc2oc(C#N)cc2c1. The summed E-state index contributed by atoms with van der Waals surface area (Å²) in [5.41, 5.74) is 1.26. The summed E-state index contributed by atoms with van der Waals surface area (Å²) in [6.45, 7) is 1.51. The standard InChI is InChI=1S/C11H7NO2/c1-7(13)8-2-3-11-9(4-8)5-10(6-12)14-11/h2-5H,1H3. The molecule has 0 aliphatic heterocycles. The van der Waals surface area contributed by atoms with Crippen LogP contribution < -0.4 is 0 Å². The van der Waals surface area contributed by atoms with Gasteiger partial charge in [0.1, 0.15) is 11.7 Å². The van der Waals surface area contributed by atoms with E-state index in [1.54, 1.807) is 24.3 Å². The first kappa shape index (κ1) is 8.52. The van der Waals surface area contributed by atoms with Crippen molar-refractivity contribution in [3.05, 3.63) is 35.6 Å². The Morgan fingerprint density at radius 1 is 1.43 bits per heavy atom. The number of ketones is 1. The van der Waals surface area contributed by atoms with Crippen molar-refractivity contribution >= 4 is 16.8 Å². The van der Waals surface area contributed by atoms with Gasteiger partial charge in [0.2, 0.25) is 5.76 Å². The molecule has 0 unspecified atom stereocenters. The predicted octanol–water partition coefficient (Wildman–Crippen LogP) is 2.51. The van der Waals surface area contributed by atoms with Gasteiger partial charge in [-0.1, -0.05) is 0 Å². The Balaban J connectivity index is 2.66. The maximum Gasteiger partial charge on any atom is 0.204 e. The maximum atomic E-state index is 11.1. The molecule has 1 aromatic carbocycles.